The largest absolute Gasteiger partial charge is 0.465 e. The van der Waals surface area contributed by atoms with E-state index in [0.29, 0.717) is 5.56 Å². The summed E-state index contributed by atoms with van der Waals surface area (Å²) in [6.07, 6.45) is 2.60. The number of rotatable bonds is 2. The second kappa shape index (κ2) is 3.42. The van der Waals surface area contributed by atoms with Gasteiger partial charge < -0.3 is 10.1 Å². The minimum atomic E-state index is -0.318. The summed E-state index contributed by atoms with van der Waals surface area (Å²) in [7, 11) is 3.22. The number of aromatic nitrogens is 2. The van der Waals surface area contributed by atoms with Crippen LogP contribution in [0.2, 0.25) is 0 Å². The lowest BCUT2D eigenvalue weighted by Gasteiger charge is -2.28. The van der Waals surface area contributed by atoms with Crippen LogP contribution in [0.25, 0.3) is 0 Å². The topological polar surface area (TPSA) is 56.1 Å². The van der Waals surface area contributed by atoms with E-state index in [0.717, 1.165) is 18.7 Å². The second-order valence-electron chi connectivity index (χ2n) is 3.35. The average Bonchev–Trinajstić information content (AvgIpc) is 2.45. The van der Waals surface area contributed by atoms with Gasteiger partial charge >= 0.3 is 5.97 Å². The summed E-state index contributed by atoms with van der Waals surface area (Å²) in [6.45, 7) is 0.996. The van der Waals surface area contributed by atoms with Gasteiger partial charge in [-0.1, -0.05) is 0 Å². The number of ether oxygens (including phenoxy) is 1. The van der Waals surface area contributed by atoms with Gasteiger partial charge in [0.15, 0.2) is 0 Å². The first-order chi connectivity index (χ1) is 6.74. The number of carbonyl (C=O) groups excluding carboxylic acids is 1. The number of nitrogens with zero attached hydrogens (tertiary/aromatic N) is 2. The van der Waals surface area contributed by atoms with E-state index in [-0.39, 0.29) is 12.0 Å². The molecule has 1 N–H and O–H groups in total. The van der Waals surface area contributed by atoms with E-state index >= 15 is 0 Å². The Bertz CT molecular complexity index is 355. The number of aryl methyl sites for hydroxylation is 1. The monoisotopic (exact) mass is 195 g/mol. The number of carbonyl (C=O) groups is 1. The molecule has 1 aliphatic rings. The molecule has 1 fully saturated rings. The highest BCUT2D eigenvalue weighted by Crippen LogP contribution is 2.25. The fourth-order valence-electron chi connectivity index (χ4n) is 1.65. The maximum Gasteiger partial charge on any atom is 0.341 e. The van der Waals surface area contributed by atoms with Gasteiger partial charge in [0.2, 0.25) is 0 Å². The standard InChI is InChI=1S/C9H13N3O2/c1-12-8(7-3-4-10-7)6(5-11-12)9(13)14-2/h5,7,10H,3-4H2,1-2H3. The van der Waals surface area contributed by atoms with E-state index in [1.807, 2.05) is 7.05 Å². The number of hydrogen-bond acceptors (Lipinski definition) is 4. The first-order valence-corrected chi connectivity index (χ1v) is 4.57. The molecule has 5 nitrogen and oxygen atoms in total. The highest BCUT2D eigenvalue weighted by atomic mass is 16.5. The van der Waals surface area contributed by atoms with E-state index in [4.69, 9.17) is 0 Å². The number of nitrogens with one attached hydrogen (secondary N) is 1. The molecule has 14 heavy (non-hydrogen) atoms. The van der Waals surface area contributed by atoms with Gasteiger partial charge in [0.05, 0.1) is 25.0 Å². The Labute approximate surface area is 82.0 Å². The predicted octanol–water partition coefficient (Wildman–Crippen LogP) is 0.241. The highest BCUT2D eigenvalue weighted by Gasteiger charge is 2.27. The number of hydrogen-bond donors (Lipinski definition) is 1. The van der Waals surface area contributed by atoms with Gasteiger partial charge in [0.25, 0.3) is 0 Å². The van der Waals surface area contributed by atoms with Crippen LogP contribution in [0.15, 0.2) is 6.20 Å². The molecule has 1 saturated heterocycles. The summed E-state index contributed by atoms with van der Waals surface area (Å²) < 4.78 is 6.41. The van der Waals surface area contributed by atoms with Crippen molar-refractivity contribution in [3.8, 4) is 0 Å². The van der Waals surface area contributed by atoms with E-state index in [1.165, 1.54) is 7.11 Å². The zero-order chi connectivity index (χ0) is 10.1. The third-order valence-corrected chi connectivity index (χ3v) is 2.54. The molecule has 1 aromatic rings. The smallest absolute Gasteiger partial charge is 0.341 e. The van der Waals surface area contributed by atoms with Crippen LogP contribution in [-0.4, -0.2) is 29.4 Å². The molecule has 76 valence electrons. The van der Waals surface area contributed by atoms with Crippen molar-refractivity contribution in [2.45, 2.75) is 12.5 Å². The molecule has 5 heteroatoms. The van der Waals surface area contributed by atoms with Gasteiger partial charge in [-0.3, -0.25) is 4.68 Å². The van der Waals surface area contributed by atoms with Crippen molar-refractivity contribution >= 4 is 5.97 Å². The van der Waals surface area contributed by atoms with Crippen LogP contribution in [-0.2, 0) is 11.8 Å². The predicted molar refractivity (Wildman–Crippen MR) is 49.9 cm³/mol. The molecule has 0 saturated carbocycles. The van der Waals surface area contributed by atoms with Crippen LogP contribution in [0, 0.1) is 0 Å². The molecular weight excluding hydrogens is 182 g/mol. The van der Waals surface area contributed by atoms with Gasteiger partial charge in [-0.25, -0.2) is 4.79 Å². The van der Waals surface area contributed by atoms with Crippen molar-refractivity contribution < 1.29 is 9.53 Å². The lowest BCUT2D eigenvalue weighted by Crippen LogP contribution is -2.37. The maximum atomic E-state index is 11.4. The molecule has 0 radical (unpaired) electrons. The lowest BCUT2D eigenvalue weighted by atomic mass is 10.0. The Morgan fingerprint density at radius 2 is 2.50 bits per heavy atom. The second-order valence-corrected chi connectivity index (χ2v) is 3.35. The van der Waals surface area contributed by atoms with Crippen LogP contribution in [0.3, 0.4) is 0 Å². The fourth-order valence-corrected chi connectivity index (χ4v) is 1.65. The summed E-state index contributed by atoms with van der Waals surface area (Å²) in [5, 5.41) is 7.30. The third kappa shape index (κ3) is 1.29. The van der Waals surface area contributed by atoms with Crippen LogP contribution in [0.5, 0.6) is 0 Å². The van der Waals surface area contributed by atoms with Crippen LogP contribution in [0.1, 0.15) is 28.5 Å². The Morgan fingerprint density at radius 1 is 1.79 bits per heavy atom. The SMILES string of the molecule is COC(=O)c1cnn(C)c1C1CCN1. The third-order valence-electron chi connectivity index (χ3n) is 2.54. The van der Waals surface area contributed by atoms with Crippen LogP contribution >= 0.6 is 0 Å². The molecule has 0 aliphatic carbocycles. The molecule has 0 bridgehead atoms. The van der Waals surface area contributed by atoms with E-state index in [9.17, 15) is 4.79 Å². The van der Waals surface area contributed by atoms with Crippen molar-refractivity contribution in [3.63, 3.8) is 0 Å². The highest BCUT2D eigenvalue weighted by molar-refractivity contribution is 5.90. The first kappa shape index (κ1) is 9.21. The molecule has 0 spiro atoms. The summed E-state index contributed by atoms with van der Waals surface area (Å²) in [5.41, 5.74) is 1.48. The zero-order valence-corrected chi connectivity index (χ0v) is 8.28. The normalized spacial score (nSPS) is 20.3. The van der Waals surface area contributed by atoms with E-state index in [2.05, 4.69) is 15.2 Å². The van der Waals surface area contributed by atoms with Crippen molar-refractivity contribution in [2.24, 2.45) is 7.05 Å². The van der Waals surface area contributed by atoms with Crippen molar-refractivity contribution in [3.05, 3.63) is 17.5 Å². The number of methoxy groups -OCH3 is 1. The molecular formula is C9H13N3O2. The fraction of sp³-hybridized carbons (Fsp3) is 0.556. The van der Waals surface area contributed by atoms with E-state index < -0.39 is 0 Å². The Hall–Kier alpha value is -1.36. The Kier molecular flexibility index (Phi) is 2.25. The maximum absolute atomic E-state index is 11.4. The van der Waals surface area contributed by atoms with Gasteiger partial charge in [0, 0.05) is 7.05 Å². The van der Waals surface area contributed by atoms with E-state index in [1.54, 1.807) is 10.9 Å². The first-order valence-electron chi connectivity index (χ1n) is 4.57. The molecule has 1 atom stereocenters. The lowest BCUT2D eigenvalue weighted by molar-refractivity contribution is 0.0597. The Morgan fingerprint density at radius 3 is 3.00 bits per heavy atom. The molecule has 0 amide bonds. The van der Waals surface area contributed by atoms with Gasteiger partial charge in [-0.2, -0.15) is 5.10 Å². The summed E-state index contributed by atoms with van der Waals surface area (Å²) >= 11 is 0. The molecule has 2 rings (SSSR count). The summed E-state index contributed by atoms with van der Waals surface area (Å²) in [4.78, 5) is 11.4. The van der Waals surface area contributed by atoms with Crippen molar-refractivity contribution in [2.75, 3.05) is 13.7 Å². The summed E-state index contributed by atoms with van der Waals surface area (Å²) in [5.74, 6) is -0.318. The van der Waals surface area contributed by atoms with Crippen molar-refractivity contribution in [1.29, 1.82) is 0 Å². The minimum absolute atomic E-state index is 0.247. The molecule has 1 aromatic heterocycles. The van der Waals surface area contributed by atoms with Crippen LogP contribution in [0.4, 0.5) is 0 Å². The van der Waals surface area contributed by atoms with Crippen molar-refractivity contribution in [1.82, 2.24) is 15.1 Å². The Balaban J connectivity index is 2.34. The van der Waals surface area contributed by atoms with Gasteiger partial charge in [-0.05, 0) is 13.0 Å². The molecule has 2 heterocycles. The summed E-state index contributed by atoms with van der Waals surface area (Å²) in [6, 6.07) is 0.247. The quantitative estimate of drug-likeness (QED) is 0.687. The molecule has 1 aliphatic heterocycles. The zero-order valence-electron chi connectivity index (χ0n) is 8.28. The molecule has 0 aromatic carbocycles. The average molecular weight is 195 g/mol. The minimum Gasteiger partial charge on any atom is -0.465 e. The number of esters is 1. The van der Waals surface area contributed by atoms with Gasteiger partial charge in [-0.15, -0.1) is 0 Å². The van der Waals surface area contributed by atoms with Gasteiger partial charge in [0.1, 0.15) is 5.56 Å². The molecule has 1 unspecified atom stereocenters. The van der Waals surface area contributed by atoms with Crippen LogP contribution < -0.4 is 5.32 Å².